The van der Waals surface area contributed by atoms with E-state index < -0.39 is 0 Å². The first-order valence-corrected chi connectivity index (χ1v) is 7.62. The van der Waals surface area contributed by atoms with Gasteiger partial charge in [0.2, 0.25) is 0 Å². The first-order valence-electron chi connectivity index (χ1n) is 6.74. The minimum Gasteiger partial charge on any atom is -0.486 e. The molecular formula is C15H18N2O2S. The van der Waals surface area contributed by atoms with Crippen LogP contribution in [-0.4, -0.2) is 19.8 Å². The molecule has 4 nitrogen and oxygen atoms in total. The molecule has 0 amide bonds. The van der Waals surface area contributed by atoms with Gasteiger partial charge in [0.25, 0.3) is 0 Å². The molecular weight excluding hydrogens is 272 g/mol. The van der Waals surface area contributed by atoms with Crippen LogP contribution in [0.3, 0.4) is 0 Å². The zero-order chi connectivity index (χ0) is 13.8. The highest BCUT2D eigenvalue weighted by Gasteiger charge is 2.11. The number of thiophene rings is 1. The average Bonchev–Trinajstić information content (AvgIpc) is 2.89. The van der Waals surface area contributed by atoms with Gasteiger partial charge in [-0.15, -0.1) is 11.3 Å². The summed E-state index contributed by atoms with van der Waals surface area (Å²) in [6, 6.07) is 8.09. The van der Waals surface area contributed by atoms with E-state index in [0.29, 0.717) is 13.2 Å². The molecule has 1 aromatic carbocycles. The van der Waals surface area contributed by atoms with Crippen LogP contribution >= 0.6 is 11.3 Å². The minimum atomic E-state index is 0.631. The Morgan fingerprint density at radius 2 is 2.00 bits per heavy atom. The van der Waals surface area contributed by atoms with Gasteiger partial charge in [0, 0.05) is 17.1 Å². The first kappa shape index (κ1) is 13.3. The molecule has 0 atom stereocenters. The van der Waals surface area contributed by atoms with Crippen LogP contribution in [0.1, 0.15) is 10.4 Å². The molecule has 0 aliphatic carbocycles. The van der Waals surface area contributed by atoms with Gasteiger partial charge in [-0.1, -0.05) is 6.07 Å². The predicted molar refractivity (Wildman–Crippen MR) is 81.6 cm³/mol. The maximum absolute atomic E-state index is 5.85. The monoisotopic (exact) mass is 290 g/mol. The van der Waals surface area contributed by atoms with Crippen molar-refractivity contribution in [2.24, 2.45) is 0 Å². The lowest BCUT2D eigenvalue weighted by Crippen LogP contribution is -2.17. The molecule has 1 aliphatic heterocycles. The van der Waals surface area contributed by atoms with Gasteiger partial charge in [-0.2, -0.15) is 0 Å². The van der Waals surface area contributed by atoms with Gasteiger partial charge < -0.3 is 20.5 Å². The number of nitrogens with one attached hydrogen (secondary N) is 1. The van der Waals surface area contributed by atoms with Crippen molar-refractivity contribution in [1.29, 1.82) is 0 Å². The summed E-state index contributed by atoms with van der Waals surface area (Å²) < 4.78 is 11.1. The smallest absolute Gasteiger partial charge is 0.161 e. The van der Waals surface area contributed by atoms with Crippen molar-refractivity contribution < 1.29 is 9.47 Å². The number of nitrogens with two attached hydrogens (primary N) is 1. The third kappa shape index (κ3) is 3.05. The largest absolute Gasteiger partial charge is 0.486 e. The molecule has 106 valence electrons. The number of ether oxygens (including phenoxy) is 2. The number of fused-ring (bicyclic) bond motifs is 1. The van der Waals surface area contributed by atoms with E-state index in [1.807, 2.05) is 17.5 Å². The summed E-state index contributed by atoms with van der Waals surface area (Å²) in [5.41, 5.74) is 7.98. The van der Waals surface area contributed by atoms with E-state index in [1.54, 1.807) is 11.3 Å². The molecule has 0 fully saturated rings. The molecule has 1 aliphatic rings. The van der Waals surface area contributed by atoms with E-state index in [1.165, 1.54) is 10.4 Å². The Bertz CT molecular complexity index is 583. The number of benzene rings is 1. The van der Waals surface area contributed by atoms with Crippen LogP contribution in [0.2, 0.25) is 0 Å². The molecule has 0 spiro atoms. The molecule has 5 heteroatoms. The number of hydrogen-bond acceptors (Lipinski definition) is 5. The summed E-state index contributed by atoms with van der Waals surface area (Å²) in [6.45, 7) is 3.01. The molecule has 0 radical (unpaired) electrons. The molecule has 0 saturated heterocycles. The van der Waals surface area contributed by atoms with Crippen LogP contribution in [0, 0.1) is 0 Å². The number of nitrogen functional groups attached to an aromatic ring is 1. The molecule has 0 saturated carbocycles. The Morgan fingerprint density at radius 3 is 2.80 bits per heavy atom. The average molecular weight is 290 g/mol. The minimum absolute atomic E-state index is 0.631. The molecule has 0 bridgehead atoms. The lowest BCUT2D eigenvalue weighted by atomic mass is 10.1. The zero-order valence-corrected chi connectivity index (χ0v) is 12.0. The van der Waals surface area contributed by atoms with Crippen LogP contribution in [0.5, 0.6) is 11.5 Å². The highest BCUT2D eigenvalue weighted by Crippen LogP contribution is 2.30. The summed E-state index contributed by atoms with van der Waals surface area (Å²) in [5, 5.41) is 5.44. The number of rotatable bonds is 5. The Morgan fingerprint density at radius 1 is 1.15 bits per heavy atom. The van der Waals surface area contributed by atoms with Gasteiger partial charge in [-0.25, -0.2) is 0 Å². The Balaban J connectivity index is 1.50. The fourth-order valence-electron chi connectivity index (χ4n) is 2.17. The second-order valence-corrected chi connectivity index (χ2v) is 5.70. The Kier molecular flexibility index (Phi) is 4.08. The van der Waals surface area contributed by atoms with Crippen LogP contribution < -0.4 is 20.5 Å². The van der Waals surface area contributed by atoms with Gasteiger partial charge in [0.15, 0.2) is 11.5 Å². The van der Waals surface area contributed by atoms with Gasteiger partial charge in [0.05, 0.1) is 0 Å². The summed E-state index contributed by atoms with van der Waals surface area (Å²) in [7, 11) is 0. The van der Waals surface area contributed by atoms with Crippen LogP contribution in [0.4, 0.5) is 5.69 Å². The summed E-state index contributed by atoms with van der Waals surface area (Å²) >= 11 is 1.69. The van der Waals surface area contributed by atoms with Gasteiger partial charge in [0.1, 0.15) is 13.2 Å². The fraction of sp³-hybridized carbons (Fsp3) is 0.333. The van der Waals surface area contributed by atoms with Crippen molar-refractivity contribution in [3.63, 3.8) is 0 Å². The molecule has 2 heterocycles. The Hall–Kier alpha value is -1.72. The maximum Gasteiger partial charge on any atom is 0.161 e. The van der Waals surface area contributed by atoms with E-state index in [0.717, 1.165) is 36.7 Å². The summed E-state index contributed by atoms with van der Waals surface area (Å²) in [4.78, 5) is 1.20. The van der Waals surface area contributed by atoms with E-state index in [9.17, 15) is 0 Å². The van der Waals surface area contributed by atoms with Gasteiger partial charge >= 0.3 is 0 Å². The van der Waals surface area contributed by atoms with Crippen molar-refractivity contribution in [3.8, 4) is 11.5 Å². The van der Waals surface area contributed by atoms with Crippen molar-refractivity contribution >= 4 is 17.0 Å². The number of anilines is 1. The standard InChI is InChI=1S/C15H18N2O2S/c16-12-4-8-20-15(12)10-17-5-3-11-1-2-13-14(9-11)19-7-6-18-13/h1-2,4,8-9,17H,3,5-7,10,16H2. The van der Waals surface area contributed by atoms with Crippen molar-refractivity contribution in [2.75, 3.05) is 25.5 Å². The SMILES string of the molecule is Nc1ccsc1CNCCc1ccc2c(c1)OCCO2. The van der Waals surface area contributed by atoms with E-state index >= 15 is 0 Å². The highest BCUT2D eigenvalue weighted by atomic mass is 32.1. The van der Waals surface area contributed by atoms with Crippen LogP contribution in [-0.2, 0) is 13.0 Å². The Labute approximate surface area is 122 Å². The second kappa shape index (κ2) is 6.15. The van der Waals surface area contributed by atoms with E-state index in [-0.39, 0.29) is 0 Å². The molecule has 2 aromatic rings. The third-order valence-electron chi connectivity index (χ3n) is 3.26. The molecule has 3 rings (SSSR count). The van der Waals surface area contributed by atoms with E-state index in [2.05, 4.69) is 17.4 Å². The predicted octanol–water partition coefficient (Wildman–Crippen LogP) is 2.43. The normalized spacial score (nSPS) is 13.4. The van der Waals surface area contributed by atoms with Crippen LogP contribution in [0.25, 0.3) is 0 Å². The maximum atomic E-state index is 5.85. The first-order chi connectivity index (χ1) is 9.83. The third-order valence-corrected chi connectivity index (χ3v) is 4.20. The zero-order valence-electron chi connectivity index (χ0n) is 11.2. The van der Waals surface area contributed by atoms with Crippen LogP contribution in [0.15, 0.2) is 29.6 Å². The fourth-order valence-corrected chi connectivity index (χ4v) is 2.94. The molecule has 0 unspecified atom stereocenters. The van der Waals surface area contributed by atoms with Gasteiger partial charge in [-0.05, 0) is 42.1 Å². The second-order valence-electron chi connectivity index (χ2n) is 4.70. The van der Waals surface area contributed by atoms with E-state index in [4.69, 9.17) is 15.2 Å². The summed E-state index contributed by atoms with van der Waals surface area (Å²) in [5.74, 6) is 1.70. The van der Waals surface area contributed by atoms with Crippen molar-refractivity contribution in [3.05, 3.63) is 40.1 Å². The van der Waals surface area contributed by atoms with Gasteiger partial charge in [-0.3, -0.25) is 0 Å². The summed E-state index contributed by atoms with van der Waals surface area (Å²) in [6.07, 6.45) is 0.960. The number of hydrogen-bond donors (Lipinski definition) is 2. The highest BCUT2D eigenvalue weighted by molar-refractivity contribution is 7.10. The molecule has 1 aromatic heterocycles. The molecule has 3 N–H and O–H groups in total. The van der Waals surface area contributed by atoms with Crippen molar-refractivity contribution in [2.45, 2.75) is 13.0 Å². The van der Waals surface area contributed by atoms with Crippen molar-refractivity contribution in [1.82, 2.24) is 5.32 Å². The quantitative estimate of drug-likeness (QED) is 0.830. The lowest BCUT2D eigenvalue weighted by Gasteiger charge is -2.18. The lowest BCUT2D eigenvalue weighted by molar-refractivity contribution is 0.171. The topological polar surface area (TPSA) is 56.5 Å². The molecule has 20 heavy (non-hydrogen) atoms.